The van der Waals surface area contributed by atoms with Crippen LogP contribution in [0.5, 0.6) is 0 Å². The molecule has 8 N–H and O–H groups in total. The predicted molar refractivity (Wildman–Crippen MR) is 231 cm³/mol. The summed E-state index contributed by atoms with van der Waals surface area (Å²) in [5.41, 5.74) is 0. The zero-order valence-electron chi connectivity index (χ0n) is 37.4. The quantitative estimate of drug-likeness (QED) is 0.0282. The van der Waals surface area contributed by atoms with Gasteiger partial charge in [0.15, 0.2) is 6.10 Å². The van der Waals surface area contributed by atoms with E-state index in [4.69, 9.17) is 18.5 Å². The summed E-state index contributed by atoms with van der Waals surface area (Å²) in [6.45, 7) is 2.82. The fourth-order valence-electron chi connectivity index (χ4n) is 8.10. The maximum Gasteiger partial charge on any atom is 0.472 e. The predicted octanol–water partition coefficient (Wildman–Crippen LogP) is 5.65. The average Bonchev–Trinajstić information content (AvgIpc) is 3.23. The van der Waals surface area contributed by atoms with Gasteiger partial charge in [0, 0.05) is 25.2 Å². The Labute approximate surface area is 369 Å². The third kappa shape index (κ3) is 22.4. The maximum atomic E-state index is 13.7. The van der Waals surface area contributed by atoms with E-state index in [0.717, 1.165) is 44.6 Å². The molecule has 17 heteroatoms. The van der Waals surface area contributed by atoms with E-state index in [0.29, 0.717) is 44.9 Å². The third-order valence-corrected chi connectivity index (χ3v) is 13.0. The summed E-state index contributed by atoms with van der Waals surface area (Å²) in [6, 6.07) is 0. The van der Waals surface area contributed by atoms with Gasteiger partial charge in [0.05, 0.1) is 36.9 Å². The van der Waals surface area contributed by atoms with E-state index in [2.05, 4.69) is 6.92 Å². The molecule has 2 aliphatic rings. The number of hydrogen-bond donors (Lipinski definition) is 8. The zero-order chi connectivity index (χ0) is 45.9. The van der Waals surface area contributed by atoms with Crippen LogP contribution in [0.15, 0.2) is 12.2 Å². The van der Waals surface area contributed by atoms with Crippen molar-refractivity contribution >= 4 is 25.5 Å². The highest BCUT2D eigenvalue weighted by atomic mass is 31.2. The van der Waals surface area contributed by atoms with Crippen LogP contribution >= 0.6 is 7.82 Å². The van der Waals surface area contributed by atoms with Crippen LogP contribution in [0.2, 0.25) is 0 Å². The Morgan fingerprint density at radius 3 is 1.95 bits per heavy atom. The highest BCUT2D eigenvalue weighted by Crippen LogP contribution is 2.47. The molecule has 0 amide bonds. The maximum absolute atomic E-state index is 13.7. The van der Waals surface area contributed by atoms with Crippen LogP contribution in [0.3, 0.4) is 0 Å². The van der Waals surface area contributed by atoms with Crippen LogP contribution in [0.4, 0.5) is 0 Å². The lowest BCUT2D eigenvalue weighted by molar-refractivity contribution is -0.167. The van der Waals surface area contributed by atoms with Gasteiger partial charge in [0.2, 0.25) is 0 Å². The number of phosphoric ester groups is 1. The Kier molecular flexibility index (Phi) is 29.0. The SMILES string of the molecule is CCCCCCCCCCCCCCCC(=O)OC[C@@H]1COP(=O)(O)O[C@H]2[C@H](O)[C@@H](O)[C@H](O)[C@@H](CCCCCCC(=O)O1)[C@@H](O)CC(=O)[C@H](/C=C\[C@@H](O)CCCCC)[C@@H](O)[C@H]2O. The van der Waals surface area contributed by atoms with Gasteiger partial charge in [-0.05, 0) is 25.7 Å². The monoisotopic (exact) mass is 909 g/mol. The minimum Gasteiger partial charge on any atom is -0.462 e. The van der Waals surface area contributed by atoms with Gasteiger partial charge < -0.3 is 50.1 Å². The number of cyclic esters (lactones) is 1. The molecule has 1 aliphatic heterocycles. The van der Waals surface area contributed by atoms with Crippen molar-refractivity contribution in [3.8, 4) is 0 Å². The van der Waals surface area contributed by atoms with Gasteiger partial charge in [-0.2, -0.15) is 0 Å². The second-order valence-corrected chi connectivity index (χ2v) is 18.8. The third-order valence-electron chi connectivity index (χ3n) is 12.0. The number of rotatable bonds is 22. The number of hydrogen-bond acceptors (Lipinski definition) is 15. The Hall–Kier alpha value is -1.82. The van der Waals surface area contributed by atoms with E-state index in [1.165, 1.54) is 57.4 Å². The molecule has 2 rings (SSSR count). The van der Waals surface area contributed by atoms with Gasteiger partial charge in [-0.1, -0.05) is 142 Å². The van der Waals surface area contributed by atoms with Crippen LogP contribution in [0.1, 0.15) is 174 Å². The van der Waals surface area contributed by atoms with Gasteiger partial charge in [0.25, 0.3) is 0 Å². The molecule has 1 aliphatic carbocycles. The van der Waals surface area contributed by atoms with Crippen molar-refractivity contribution in [3.05, 3.63) is 12.2 Å². The van der Waals surface area contributed by atoms with Crippen molar-refractivity contribution in [2.45, 2.75) is 229 Å². The first kappa shape index (κ1) is 56.3. The van der Waals surface area contributed by atoms with Crippen LogP contribution in [-0.4, -0.2) is 127 Å². The molecule has 0 spiro atoms. The van der Waals surface area contributed by atoms with E-state index in [-0.39, 0.29) is 19.3 Å². The molecule has 362 valence electrons. The van der Waals surface area contributed by atoms with Crippen LogP contribution in [0.25, 0.3) is 0 Å². The number of ether oxygens (including phenoxy) is 2. The normalized spacial score (nSPS) is 31.9. The Morgan fingerprint density at radius 2 is 1.32 bits per heavy atom. The minimum absolute atomic E-state index is 0.0332. The molecule has 2 bridgehead atoms. The van der Waals surface area contributed by atoms with Crippen molar-refractivity contribution in [2.24, 2.45) is 11.8 Å². The smallest absolute Gasteiger partial charge is 0.462 e. The number of ketones is 1. The zero-order valence-corrected chi connectivity index (χ0v) is 38.3. The molecule has 1 heterocycles. The van der Waals surface area contributed by atoms with E-state index in [9.17, 15) is 59.6 Å². The lowest BCUT2D eigenvalue weighted by Crippen LogP contribution is -2.55. The lowest BCUT2D eigenvalue weighted by atomic mass is 9.82. The highest BCUT2D eigenvalue weighted by Gasteiger charge is 2.49. The Bertz CT molecular complexity index is 1320. The van der Waals surface area contributed by atoms with Gasteiger partial charge in [-0.25, -0.2) is 4.57 Å². The number of carbonyl (C=O) groups is 3. The first-order valence-corrected chi connectivity index (χ1v) is 25.1. The molecule has 1 saturated carbocycles. The van der Waals surface area contributed by atoms with Crippen LogP contribution in [0, 0.1) is 11.8 Å². The number of Topliss-reactive ketones (excluding diaryl/α,β-unsaturated/α-hetero) is 1. The van der Waals surface area contributed by atoms with Crippen molar-refractivity contribution in [1.29, 1.82) is 0 Å². The topological polar surface area (TPSA) is 267 Å². The molecule has 62 heavy (non-hydrogen) atoms. The minimum atomic E-state index is -5.44. The van der Waals surface area contributed by atoms with Gasteiger partial charge in [-0.3, -0.25) is 23.4 Å². The van der Waals surface area contributed by atoms with Gasteiger partial charge in [0.1, 0.15) is 36.8 Å². The standard InChI is InChI=1S/C45H81O16P/c1-3-5-7-8-9-10-11-12-13-14-15-16-21-25-38(49)58-30-33-31-59-62(56,57)61-45-43(54)41(52)35(28-27-32(46)23-19-6-4-2)37(48)29-36(47)34(40(51)42(53)44(45)55)24-20-17-18-22-26-39(50)60-33/h27-28,32-36,40-47,51-55H,3-26,29-31H2,1-2H3,(H,56,57)/b28-27-/t32-,33+,34-,35-,36-,40+,41+,42-,43+,44+,45+/m0/s1. The summed E-state index contributed by atoms with van der Waals surface area (Å²) in [7, 11) is -5.44. The number of phosphoric acid groups is 1. The van der Waals surface area contributed by atoms with Crippen molar-refractivity contribution in [3.63, 3.8) is 0 Å². The van der Waals surface area contributed by atoms with E-state index in [1.807, 2.05) is 6.92 Å². The number of aliphatic hydroxyl groups excluding tert-OH is 7. The van der Waals surface area contributed by atoms with Crippen molar-refractivity contribution in [2.75, 3.05) is 13.2 Å². The Morgan fingerprint density at radius 1 is 0.758 bits per heavy atom. The first-order chi connectivity index (χ1) is 29.6. The molecular weight excluding hydrogens is 827 g/mol. The van der Waals surface area contributed by atoms with E-state index in [1.54, 1.807) is 0 Å². The highest BCUT2D eigenvalue weighted by molar-refractivity contribution is 7.47. The summed E-state index contributed by atoms with van der Waals surface area (Å²) in [4.78, 5) is 50.0. The summed E-state index contributed by atoms with van der Waals surface area (Å²) < 4.78 is 34.6. The van der Waals surface area contributed by atoms with Crippen molar-refractivity contribution in [1.82, 2.24) is 0 Å². The fraction of sp³-hybridized carbons (Fsp3) is 0.889. The number of unbranched alkanes of at least 4 members (excludes halogenated alkanes) is 14. The number of aliphatic hydroxyl groups is 7. The molecule has 0 radical (unpaired) electrons. The number of esters is 2. The average molecular weight is 909 g/mol. The summed E-state index contributed by atoms with van der Waals surface area (Å²) in [5.74, 6) is -4.95. The lowest BCUT2D eigenvalue weighted by Gasteiger charge is -2.37. The first-order valence-electron chi connectivity index (χ1n) is 23.6. The van der Waals surface area contributed by atoms with Crippen LogP contribution in [-0.2, 0) is 37.5 Å². The second kappa shape index (κ2) is 32.0. The molecule has 0 aromatic heterocycles. The molecular formula is C45H81O16P. The fourth-order valence-corrected chi connectivity index (χ4v) is 9.07. The second-order valence-electron chi connectivity index (χ2n) is 17.4. The molecule has 12 atom stereocenters. The van der Waals surface area contributed by atoms with Gasteiger partial charge in [-0.15, -0.1) is 0 Å². The number of carbonyl (C=O) groups excluding carboxylic acids is 3. The summed E-state index contributed by atoms with van der Waals surface area (Å²) in [6.07, 6.45) is 3.54. The molecule has 1 saturated heterocycles. The van der Waals surface area contributed by atoms with Crippen molar-refractivity contribution < 1.29 is 78.1 Å². The number of fused-ring (bicyclic) bond motifs is 4. The molecule has 1 unspecified atom stereocenters. The van der Waals surface area contributed by atoms with E-state index < -0.39 is 112 Å². The summed E-state index contributed by atoms with van der Waals surface area (Å²) >= 11 is 0. The van der Waals surface area contributed by atoms with Crippen LogP contribution < -0.4 is 0 Å². The van der Waals surface area contributed by atoms with Gasteiger partial charge >= 0.3 is 19.8 Å². The molecule has 2 fully saturated rings. The molecule has 16 nitrogen and oxygen atoms in total. The Balaban J connectivity index is 2.18. The molecule has 0 aromatic rings. The summed E-state index contributed by atoms with van der Waals surface area (Å²) in [5, 5.41) is 78.4. The molecule has 0 aromatic carbocycles. The largest absolute Gasteiger partial charge is 0.472 e. The van der Waals surface area contributed by atoms with E-state index >= 15 is 0 Å².